The fraction of sp³-hybridized carbons (Fsp3) is 0.435. The molecule has 0 amide bonds. The summed E-state index contributed by atoms with van der Waals surface area (Å²) < 4.78 is 35.1. The van der Waals surface area contributed by atoms with Crippen molar-refractivity contribution in [2.75, 3.05) is 6.61 Å². The predicted molar refractivity (Wildman–Crippen MR) is 115 cm³/mol. The van der Waals surface area contributed by atoms with Crippen LogP contribution in [-0.2, 0) is 24.9 Å². The highest BCUT2D eigenvalue weighted by atomic mass is 31.2. The van der Waals surface area contributed by atoms with Crippen molar-refractivity contribution in [1.29, 1.82) is 0 Å². The standard InChI is InChI=1S/C23H29O6P/c1-22(2,3)16-7-11-18(12-8-16)28-30(25,20-15-26-21(24)27-20)29-19-13-9-17(10-14-19)23(4,5)6/h7-14,20H,15H2,1-6H3. The SMILES string of the molecule is CC(C)(C)c1ccc(OP(=O)(Oc2ccc(C(C)(C)C)cc2)C2COC(=O)O2)cc1. The third kappa shape index (κ3) is 5.17. The number of carbonyl (C=O) groups excluding carboxylic acids is 1. The van der Waals surface area contributed by atoms with Gasteiger partial charge < -0.3 is 18.5 Å². The van der Waals surface area contributed by atoms with Crippen LogP contribution in [0.4, 0.5) is 4.79 Å². The predicted octanol–water partition coefficient (Wildman–Crippen LogP) is 6.43. The lowest BCUT2D eigenvalue weighted by atomic mass is 9.87. The summed E-state index contributed by atoms with van der Waals surface area (Å²) in [6, 6.07) is 14.6. The molecule has 1 aliphatic heterocycles. The lowest BCUT2D eigenvalue weighted by Gasteiger charge is -2.24. The summed E-state index contributed by atoms with van der Waals surface area (Å²) >= 11 is 0. The van der Waals surface area contributed by atoms with Gasteiger partial charge in [0.2, 0.25) is 0 Å². The van der Waals surface area contributed by atoms with E-state index in [9.17, 15) is 9.36 Å². The number of hydrogen-bond acceptors (Lipinski definition) is 6. The number of benzene rings is 2. The summed E-state index contributed by atoms with van der Waals surface area (Å²) in [4.78, 5) is 11.4. The molecular formula is C23H29O6P. The Morgan fingerprint density at radius 3 is 1.50 bits per heavy atom. The van der Waals surface area contributed by atoms with Crippen molar-refractivity contribution in [3.8, 4) is 11.5 Å². The second-order valence-electron chi connectivity index (χ2n) is 9.40. The van der Waals surface area contributed by atoms with E-state index in [0.717, 1.165) is 11.1 Å². The minimum Gasteiger partial charge on any atom is -0.429 e. The van der Waals surface area contributed by atoms with Crippen molar-refractivity contribution in [3.05, 3.63) is 59.7 Å². The molecular weight excluding hydrogens is 403 g/mol. The van der Waals surface area contributed by atoms with Crippen molar-refractivity contribution < 1.29 is 27.9 Å². The third-order valence-electron chi connectivity index (χ3n) is 4.83. The molecule has 2 aromatic carbocycles. The zero-order valence-electron chi connectivity index (χ0n) is 18.3. The summed E-state index contributed by atoms with van der Waals surface area (Å²) in [7, 11) is -3.93. The lowest BCUT2D eigenvalue weighted by molar-refractivity contribution is 0.125. The first kappa shape index (κ1) is 22.2. The van der Waals surface area contributed by atoms with E-state index in [-0.39, 0.29) is 17.4 Å². The summed E-state index contributed by atoms with van der Waals surface area (Å²) in [5, 5.41) is 0. The van der Waals surface area contributed by atoms with E-state index in [1.165, 1.54) is 0 Å². The van der Waals surface area contributed by atoms with Gasteiger partial charge in [-0.15, -0.1) is 0 Å². The highest BCUT2D eigenvalue weighted by Crippen LogP contribution is 2.54. The van der Waals surface area contributed by atoms with E-state index < -0.39 is 19.6 Å². The van der Waals surface area contributed by atoms with Crippen molar-refractivity contribution in [2.24, 2.45) is 0 Å². The van der Waals surface area contributed by atoms with Gasteiger partial charge in [-0.25, -0.2) is 9.36 Å². The number of carbonyl (C=O) groups is 1. The molecule has 0 spiro atoms. The first-order valence-electron chi connectivity index (χ1n) is 9.90. The monoisotopic (exact) mass is 432 g/mol. The number of hydrogen-bond donors (Lipinski definition) is 0. The number of ether oxygens (including phenoxy) is 2. The fourth-order valence-electron chi connectivity index (χ4n) is 2.94. The lowest BCUT2D eigenvalue weighted by Crippen LogP contribution is -2.19. The molecule has 1 heterocycles. The van der Waals surface area contributed by atoms with Crippen molar-refractivity contribution in [1.82, 2.24) is 0 Å². The summed E-state index contributed by atoms with van der Waals surface area (Å²) in [5.74, 6) is -0.421. The fourth-order valence-corrected chi connectivity index (χ4v) is 4.51. The Kier molecular flexibility index (Phi) is 5.92. The van der Waals surface area contributed by atoms with Gasteiger partial charge in [-0.3, -0.25) is 0 Å². The van der Waals surface area contributed by atoms with Crippen molar-refractivity contribution in [3.63, 3.8) is 0 Å². The maximum absolute atomic E-state index is 13.7. The molecule has 0 aliphatic carbocycles. The minimum absolute atomic E-state index is 0.0254. The zero-order valence-corrected chi connectivity index (χ0v) is 19.2. The van der Waals surface area contributed by atoms with E-state index in [1.807, 2.05) is 24.3 Å². The van der Waals surface area contributed by atoms with Crippen LogP contribution < -0.4 is 9.05 Å². The van der Waals surface area contributed by atoms with Gasteiger partial charge in [-0.1, -0.05) is 65.8 Å². The van der Waals surface area contributed by atoms with Crippen LogP contribution in [0, 0.1) is 0 Å². The van der Waals surface area contributed by atoms with E-state index in [0.29, 0.717) is 11.5 Å². The molecule has 0 aromatic heterocycles. The Balaban J connectivity index is 1.86. The molecule has 1 atom stereocenters. The smallest absolute Gasteiger partial charge is 0.429 e. The average molecular weight is 432 g/mol. The Morgan fingerprint density at radius 1 is 0.800 bits per heavy atom. The molecule has 1 aliphatic rings. The van der Waals surface area contributed by atoms with Crippen LogP contribution in [0.15, 0.2) is 48.5 Å². The third-order valence-corrected chi connectivity index (χ3v) is 6.73. The molecule has 6 nitrogen and oxygen atoms in total. The molecule has 0 bridgehead atoms. The Morgan fingerprint density at radius 2 is 1.20 bits per heavy atom. The van der Waals surface area contributed by atoms with Gasteiger partial charge in [0.15, 0.2) is 0 Å². The largest absolute Gasteiger partial charge is 0.509 e. The quantitative estimate of drug-likeness (QED) is 0.401. The van der Waals surface area contributed by atoms with Gasteiger partial charge >= 0.3 is 13.8 Å². The van der Waals surface area contributed by atoms with E-state index >= 15 is 0 Å². The van der Waals surface area contributed by atoms with Gasteiger partial charge in [0.05, 0.1) is 0 Å². The molecule has 162 valence electrons. The molecule has 30 heavy (non-hydrogen) atoms. The maximum atomic E-state index is 13.7. The average Bonchev–Trinajstić information content (AvgIpc) is 3.08. The summed E-state index contributed by atoms with van der Waals surface area (Å²) in [5.41, 5.74) is 2.17. The Labute approximate surface area is 178 Å². The van der Waals surface area contributed by atoms with E-state index in [1.54, 1.807) is 24.3 Å². The molecule has 0 N–H and O–H groups in total. The number of cyclic esters (lactones) is 2. The second kappa shape index (κ2) is 7.99. The molecule has 0 radical (unpaired) electrons. The molecule has 3 rings (SSSR count). The van der Waals surface area contributed by atoms with Crippen LogP contribution >= 0.6 is 7.60 Å². The topological polar surface area (TPSA) is 71.1 Å². The van der Waals surface area contributed by atoms with Gasteiger partial charge in [-0.2, -0.15) is 0 Å². The van der Waals surface area contributed by atoms with Crippen LogP contribution in [0.1, 0.15) is 52.7 Å². The van der Waals surface area contributed by atoms with E-state index in [2.05, 4.69) is 41.5 Å². The van der Waals surface area contributed by atoms with E-state index in [4.69, 9.17) is 18.5 Å². The van der Waals surface area contributed by atoms with Crippen LogP contribution in [0.5, 0.6) is 11.5 Å². The van der Waals surface area contributed by atoms with Crippen LogP contribution in [0.3, 0.4) is 0 Å². The highest BCUT2D eigenvalue weighted by Gasteiger charge is 2.47. The second-order valence-corrected chi connectivity index (χ2v) is 11.4. The van der Waals surface area contributed by atoms with Gasteiger partial charge in [0.25, 0.3) is 5.85 Å². The summed E-state index contributed by atoms with van der Waals surface area (Å²) in [6.07, 6.45) is -0.890. The Bertz CT molecular complexity index is 872. The van der Waals surface area contributed by atoms with Crippen LogP contribution in [-0.4, -0.2) is 18.6 Å². The maximum Gasteiger partial charge on any atom is 0.509 e. The van der Waals surface area contributed by atoms with Gasteiger partial charge in [0, 0.05) is 0 Å². The minimum atomic E-state index is -3.93. The van der Waals surface area contributed by atoms with Crippen molar-refractivity contribution >= 4 is 13.8 Å². The van der Waals surface area contributed by atoms with Crippen LogP contribution in [0.25, 0.3) is 0 Å². The highest BCUT2D eigenvalue weighted by molar-refractivity contribution is 7.55. The zero-order chi connectivity index (χ0) is 22.2. The molecule has 2 aromatic rings. The molecule has 7 heteroatoms. The summed E-state index contributed by atoms with van der Waals surface area (Å²) in [6.45, 7) is 12.4. The Hall–Kier alpha value is -2.46. The molecule has 1 fully saturated rings. The van der Waals surface area contributed by atoms with Crippen LogP contribution in [0.2, 0.25) is 0 Å². The number of rotatable bonds is 5. The first-order chi connectivity index (χ1) is 13.9. The van der Waals surface area contributed by atoms with Gasteiger partial charge in [0.1, 0.15) is 18.1 Å². The first-order valence-corrected chi connectivity index (χ1v) is 11.5. The van der Waals surface area contributed by atoms with Crippen molar-refractivity contribution in [2.45, 2.75) is 58.2 Å². The normalized spacial score (nSPS) is 17.3. The molecule has 0 saturated carbocycles. The van der Waals surface area contributed by atoms with Gasteiger partial charge in [-0.05, 0) is 46.2 Å². The molecule has 1 unspecified atom stereocenters. The molecule has 1 saturated heterocycles.